The lowest BCUT2D eigenvalue weighted by atomic mass is 10.4. The Bertz CT molecular complexity index is 298. The van der Waals surface area contributed by atoms with Gasteiger partial charge in [0.25, 0.3) is 0 Å². The van der Waals surface area contributed by atoms with Gasteiger partial charge in [-0.25, -0.2) is 4.98 Å². The van der Waals surface area contributed by atoms with Crippen LogP contribution in [0.1, 0.15) is 13.8 Å². The molecule has 82 valence electrons. The molecule has 1 N–H and O–H groups in total. The van der Waals surface area contributed by atoms with E-state index < -0.39 is 0 Å². The Morgan fingerprint density at radius 2 is 2.13 bits per heavy atom. The van der Waals surface area contributed by atoms with Gasteiger partial charge in [0.05, 0.1) is 12.7 Å². The Hall–Kier alpha value is -1.65. The quantitative estimate of drug-likeness (QED) is 0.776. The fraction of sp³-hybridized carbons (Fsp3) is 0.500. The number of hydrogen-bond acceptors (Lipinski definition) is 4. The molecule has 0 bridgehead atoms. The van der Waals surface area contributed by atoms with E-state index in [1.54, 1.807) is 23.5 Å². The number of rotatable bonds is 5. The largest absolute Gasteiger partial charge is 0.360 e. The number of carbonyl (C=O) groups is 1. The van der Waals surface area contributed by atoms with E-state index in [0.717, 1.165) is 13.1 Å². The second-order valence-corrected chi connectivity index (χ2v) is 3.01. The zero-order valence-electron chi connectivity index (χ0n) is 9.10. The molecule has 1 aromatic rings. The van der Waals surface area contributed by atoms with Crippen molar-refractivity contribution >= 4 is 11.7 Å². The van der Waals surface area contributed by atoms with Gasteiger partial charge in [-0.2, -0.15) is 0 Å². The van der Waals surface area contributed by atoms with Crippen molar-refractivity contribution in [3.8, 4) is 0 Å². The predicted octanol–water partition coefficient (Wildman–Crippen LogP) is 0.757. The standard InChI is InChI=1S/C10H16N4O/c1-3-14(4-2)10(15)8-13-9-7-11-5-6-12-9/h5-7H,3-4,8H2,1-2H3,(H,12,13). The second kappa shape index (κ2) is 5.95. The van der Waals surface area contributed by atoms with Gasteiger partial charge in [0.2, 0.25) is 5.91 Å². The molecule has 0 atom stereocenters. The third-order valence-corrected chi connectivity index (χ3v) is 2.10. The molecule has 0 radical (unpaired) electrons. The van der Waals surface area contributed by atoms with Crippen molar-refractivity contribution < 1.29 is 4.79 Å². The van der Waals surface area contributed by atoms with Crippen LogP contribution in [0.15, 0.2) is 18.6 Å². The number of anilines is 1. The molecule has 1 rings (SSSR count). The zero-order chi connectivity index (χ0) is 11.1. The molecule has 0 saturated heterocycles. The van der Waals surface area contributed by atoms with Gasteiger partial charge in [0.1, 0.15) is 5.82 Å². The average molecular weight is 208 g/mol. The molecule has 0 aliphatic heterocycles. The van der Waals surface area contributed by atoms with Gasteiger partial charge in [-0.3, -0.25) is 9.78 Å². The smallest absolute Gasteiger partial charge is 0.241 e. The summed E-state index contributed by atoms with van der Waals surface area (Å²) in [4.78, 5) is 21.3. The Kier molecular flexibility index (Phi) is 4.53. The van der Waals surface area contributed by atoms with E-state index in [0.29, 0.717) is 5.82 Å². The molecule has 5 heteroatoms. The lowest BCUT2D eigenvalue weighted by Gasteiger charge is -2.18. The van der Waals surface area contributed by atoms with Crippen LogP contribution in [0, 0.1) is 0 Å². The van der Waals surface area contributed by atoms with Gasteiger partial charge in [-0.05, 0) is 13.8 Å². The van der Waals surface area contributed by atoms with Crippen LogP contribution in [0.4, 0.5) is 5.82 Å². The first-order chi connectivity index (χ1) is 7.27. The summed E-state index contributed by atoms with van der Waals surface area (Å²) in [6, 6.07) is 0. The van der Waals surface area contributed by atoms with Crippen LogP contribution in [0.2, 0.25) is 0 Å². The van der Waals surface area contributed by atoms with Crippen molar-refractivity contribution in [2.45, 2.75) is 13.8 Å². The van der Waals surface area contributed by atoms with Crippen LogP contribution < -0.4 is 5.32 Å². The predicted molar refractivity (Wildman–Crippen MR) is 58.4 cm³/mol. The molecule has 0 saturated carbocycles. The number of carbonyl (C=O) groups excluding carboxylic acids is 1. The minimum absolute atomic E-state index is 0.0747. The first-order valence-electron chi connectivity index (χ1n) is 5.05. The summed E-state index contributed by atoms with van der Waals surface area (Å²) >= 11 is 0. The average Bonchev–Trinajstić information content (AvgIpc) is 2.29. The Morgan fingerprint density at radius 1 is 1.40 bits per heavy atom. The molecule has 15 heavy (non-hydrogen) atoms. The van der Waals surface area contributed by atoms with Crippen molar-refractivity contribution in [3.05, 3.63) is 18.6 Å². The normalized spacial score (nSPS) is 9.73. The van der Waals surface area contributed by atoms with Crippen LogP contribution in [0.5, 0.6) is 0 Å². The van der Waals surface area contributed by atoms with Gasteiger partial charge in [-0.1, -0.05) is 0 Å². The van der Waals surface area contributed by atoms with E-state index in [-0.39, 0.29) is 12.5 Å². The summed E-state index contributed by atoms with van der Waals surface area (Å²) in [7, 11) is 0. The van der Waals surface area contributed by atoms with Crippen molar-refractivity contribution in [3.63, 3.8) is 0 Å². The fourth-order valence-corrected chi connectivity index (χ4v) is 1.24. The second-order valence-electron chi connectivity index (χ2n) is 3.01. The van der Waals surface area contributed by atoms with Crippen LogP contribution in [-0.4, -0.2) is 40.4 Å². The summed E-state index contributed by atoms with van der Waals surface area (Å²) in [5, 5.41) is 2.93. The fourth-order valence-electron chi connectivity index (χ4n) is 1.24. The van der Waals surface area contributed by atoms with Crippen LogP contribution in [0.3, 0.4) is 0 Å². The molecular weight excluding hydrogens is 192 g/mol. The summed E-state index contributed by atoms with van der Waals surface area (Å²) in [5.74, 6) is 0.698. The van der Waals surface area contributed by atoms with Crippen molar-refractivity contribution in [1.29, 1.82) is 0 Å². The third-order valence-electron chi connectivity index (χ3n) is 2.10. The third kappa shape index (κ3) is 3.53. The molecule has 0 spiro atoms. The summed E-state index contributed by atoms with van der Waals surface area (Å²) < 4.78 is 0. The Balaban J connectivity index is 2.40. The van der Waals surface area contributed by atoms with Gasteiger partial charge in [-0.15, -0.1) is 0 Å². The maximum absolute atomic E-state index is 11.6. The first-order valence-corrected chi connectivity index (χ1v) is 5.05. The number of likely N-dealkylation sites (N-methyl/N-ethyl adjacent to an activating group) is 1. The monoisotopic (exact) mass is 208 g/mol. The van der Waals surface area contributed by atoms with E-state index in [1.807, 2.05) is 13.8 Å². The number of hydrogen-bond donors (Lipinski definition) is 1. The Labute approximate surface area is 89.5 Å². The molecule has 0 aromatic carbocycles. The summed E-state index contributed by atoms with van der Waals surface area (Å²) in [6.45, 7) is 5.66. The topological polar surface area (TPSA) is 58.1 Å². The molecule has 1 amide bonds. The maximum atomic E-state index is 11.6. The van der Waals surface area contributed by atoms with Crippen LogP contribution in [-0.2, 0) is 4.79 Å². The highest BCUT2D eigenvalue weighted by Crippen LogP contribution is 1.97. The molecule has 0 fully saturated rings. The van der Waals surface area contributed by atoms with Crippen molar-refractivity contribution in [1.82, 2.24) is 14.9 Å². The summed E-state index contributed by atoms with van der Waals surface area (Å²) in [6.07, 6.45) is 4.77. The summed E-state index contributed by atoms with van der Waals surface area (Å²) in [5.41, 5.74) is 0. The van der Waals surface area contributed by atoms with Gasteiger partial charge in [0, 0.05) is 25.5 Å². The number of amides is 1. The van der Waals surface area contributed by atoms with Gasteiger partial charge >= 0.3 is 0 Å². The van der Waals surface area contributed by atoms with E-state index in [2.05, 4.69) is 15.3 Å². The SMILES string of the molecule is CCN(CC)C(=O)CNc1cnccn1. The van der Waals surface area contributed by atoms with Gasteiger partial charge < -0.3 is 10.2 Å². The lowest BCUT2D eigenvalue weighted by Crippen LogP contribution is -2.35. The molecule has 0 aliphatic carbocycles. The molecule has 0 unspecified atom stereocenters. The molecule has 1 heterocycles. The molecular formula is C10H16N4O. The Morgan fingerprint density at radius 3 is 2.67 bits per heavy atom. The van der Waals surface area contributed by atoms with E-state index in [1.165, 1.54) is 0 Å². The molecule has 5 nitrogen and oxygen atoms in total. The highest BCUT2D eigenvalue weighted by Gasteiger charge is 2.08. The van der Waals surface area contributed by atoms with Crippen LogP contribution in [0.25, 0.3) is 0 Å². The minimum atomic E-state index is 0.0747. The van der Waals surface area contributed by atoms with Crippen molar-refractivity contribution in [2.75, 3.05) is 25.0 Å². The number of nitrogens with one attached hydrogen (secondary N) is 1. The van der Waals surface area contributed by atoms with Crippen molar-refractivity contribution in [2.24, 2.45) is 0 Å². The molecule has 1 aromatic heterocycles. The van der Waals surface area contributed by atoms with E-state index >= 15 is 0 Å². The minimum Gasteiger partial charge on any atom is -0.360 e. The molecule has 0 aliphatic rings. The highest BCUT2D eigenvalue weighted by molar-refractivity contribution is 5.80. The van der Waals surface area contributed by atoms with E-state index in [4.69, 9.17) is 0 Å². The number of aromatic nitrogens is 2. The van der Waals surface area contributed by atoms with Gasteiger partial charge in [0.15, 0.2) is 0 Å². The van der Waals surface area contributed by atoms with E-state index in [9.17, 15) is 4.79 Å². The zero-order valence-corrected chi connectivity index (χ0v) is 9.10. The maximum Gasteiger partial charge on any atom is 0.241 e. The first kappa shape index (κ1) is 11.4. The van der Waals surface area contributed by atoms with Crippen LogP contribution >= 0.6 is 0 Å². The lowest BCUT2D eigenvalue weighted by molar-refractivity contribution is -0.128. The number of nitrogens with zero attached hydrogens (tertiary/aromatic N) is 3. The highest BCUT2D eigenvalue weighted by atomic mass is 16.2.